The first-order valence-electron chi connectivity index (χ1n) is 9.25. The van der Waals surface area contributed by atoms with Crippen LogP contribution in [0, 0.1) is 11.3 Å². The second kappa shape index (κ2) is 8.93. The second-order valence-electron chi connectivity index (χ2n) is 6.49. The Kier molecular flexibility index (Phi) is 6.14. The Morgan fingerprint density at radius 3 is 2.86 bits per heavy atom. The van der Waals surface area contributed by atoms with Gasteiger partial charge in [-0.2, -0.15) is 5.26 Å². The summed E-state index contributed by atoms with van der Waals surface area (Å²) in [5, 5.41) is 14.3. The maximum Gasteiger partial charge on any atom is 0.328 e. The lowest BCUT2D eigenvalue weighted by molar-refractivity contribution is -0.120. The minimum atomic E-state index is -0.417. The Morgan fingerprint density at radius 1 is 1.38 bits per heavy atom. The number of fused-ring (bicyclic) bond motifs is 1. The number of urea groups is 1. The van der Waals surface area contributed by atoms with Gasteiger partial charge < -0.3 is 5.32 Å². The summed E-state index contributed by atoms with van der Waals surface area (Å²) in [6.07, 6.45) is 3.81. The fraction of sp³-hybridized carbons (Fsp3) is 0.300. The van der Waals surface area contributed by atoms with Crippen LogP contribution in [-0.4, -0.2) is 34.7 Å². The highest BCUT2D eigenvalue weighted by Crippen LogP contribution is 2.27. The van der Waals surface area contributed by atoms with Gasteiger partial charge in [0.2, 0.25) is 5.91 Å². The Morgan fingerprint density at radius 2 is 2.21 bits per heavy atom. The molecule has 0 unspecified atom stereocenters. The van der Waals surface area contributed by atoms with Gasteiger partial charge in [-0.1, -0.05) is 6.92 Å². The first kappa shape index (κ1) is 19.9. The van der Waals surface area contributed by atoms with E-state index in [9.17, 15) is 14.4 Å². The predicted molar refractivity (Wildman–Crippen MR) is 105 cm³/mol. The van der Waals surface area contributed by atoms with E-state index < -0.39 is 6.03 Å². The van der Waals surface area contributed by atoms with Crippen LogP contribution in [0.25, 0.3) is 0 Å². The molecule has 29 heavy (non-hydrogen) atoms. The average Bonchev–Trinajstić information content (AvgIpc) is 2.76. The fourth-order valence-electron chi connectivity index (χ4n) is 3.03. The van der Waals surface area contributed by atoms with E-state index in [1.54, 1.807) is 19.1 Å². The Hall–Kier alpha value is -3.80. The summed E-state index contributed by atoms with van der Waals surface area (Å²) in [5.41, 5.74) is 2.05. The van der Waals surface area contributed by atoms with Gasteiger partial charge in [0.15, 0.2) is 6.29 Å². The van der Waals surface area contributed by atoms with Crippen LogP contribution in [0.3, 0.4) is 0 Å². The van der Waals surface area contributed by atoms with Crippen LogP contribution in [-0.2, 0) is 17.8 Å². The molecule has 9 heteroatoms. The number of rotatable bonds is 5. The molecule has 2 aromatic rings. The van der Waals surface area contributed by atoms with Crippen molar-refractivity contribution in [3.63, 3.8) is 0 Å². The van der Waals surface area contributed by atoms with Crippen molar-refractivity contribution in [1.82, 2.24) is 15.3 Å². The molecular weight excluding hydrogens is 372 g/mol. The van der Waals surface area contributed by atoms with Gasteiger partial charge >= 0.3 is 6.03 Å². The minimum Gasteiger partial charge on any atom is -0.352 e. The first-order valence-corrected chi connectivity index (χ1v) is 9.25. The zero-order valence-electron chi connectivity index (χ0n) is 15.9. The smallest absolute Gasteiger partial charge is 0.328 e. The molecule has 0 radical (unpaired) electrons. The van der Waals surface area contributed by atoms with Gasteiger partial charge in [-0.3, -0.25) is 19.8 Å². The maximum absolute atomic E-state index is 12.7. The zero-order valence-corrected chi connectivity index (χ0v) is 15.9. The number of aromatic nitrogens is 2. The number of pyridine rings is 2. The Bertz CT molecular complexity index is 981. The molecule has 0 bridgehead atoms. The molecule has 0 saturated carbocycles. The third-order valence-electron chi connectivity index (χ3n) is 4.56. The average molecular weight is 392 g/mol. The van der Waals surface area contributed by atoms with Crippen LogP contribution in [0.1, 0.15) is 46.9 Å². The molecule has 1 aliphatic heterocycles. The molecule has 0 aromatic carbocycles. The molecule has 0 spiro atoms. The molecule has 3 amide bonds. The standard InChI is InChI=1S/C20H20N6O3/c1-2-18(28)23-11-15-8-14-4-3-7-26(19(14)24-16(15)12-27)20(29)25-17-6-5-13(9-21)10-22-17/h5-6,8,10,12H,2-4,7,11H2,1H3,(H,23,28)(H,22,25,29). The molecule has 3 rings (SSSR count). The van der Waals surface area contributed by atoms with Gasteiger partial charge in [0.05, 0.1) is 5.56 Å². The lowest BCUT2D eigenvalue weighted by Gasteiger charge is -2.29. The third kappa shape index (κ3) is 4.55. The largest absolute Gasteiger partial charge is 0.352 e. The number of hydrogen-bond acceptors (Lipinski definition) is 6. The summed E-state index contributed by atoms with van der Waals surface area (Å²) in [7, 11) is 0. The minimum absolute atomic E-state index is 0.115. The highest BCUT2D eigenvalue weighted by molar-refractivity contribution is 6.01. The number of nitrogens with one attached hydrogen (secondary N) is 2. The van der Waals surface area contributed by atoms with E-state index in [0.29, 0.717) is 42.0 Å². The maximum atomic E-state index is 12.7. The van der Waals surface area contributed by atoms with E-state index in [4.69, 9.17) is 5.26 Å². The number of anilines is 2. The number of aryl methyl sites for hydroxylation is 1. The normalized spacial score (nSPS) is 12.5. The van der Waals surface area contributed by atoms with Gasteiger partial charge in [-0.25, -0.2) is 14.8 Å². The molecule has 1 aliphatic rings. The van der Waals surface area contributed by atoms with E-state index >= 15 is 0 Å². The van der Waals surface area contributed by atoms with Crippen molar-refractivity contribution in [2.45, 2.75) is 32.7 Å². The van der Waals surface area contributed by atoms with Gasteiger partial charge in [0.25, 0.3) is 0 Å². The first-order chi connectivity index (χ1) is 14.0. The SMILES string of the molecule is CCC(=O)NCc1cc2c(nc1C=O)N(C(=O)Nc1ccc(C#N)cn1)CCC2. The molecule has 0 fully saturated rings. The summed E-state index contributed by atoms with van der Waals surface area (Å²) in [4.78, 5) is 45.7. The Balaban J connectivity index is 1.83. The molecule has 0 atom stereocenters. The number of amides is 3. The molecule has 3 heterocycles. The van der Waals surface area contributed by atoms with Gasteiger partial charge in [-0.15, -0.1) is 0 Å². The number of hydrogen-bond donors (Lipinski definition) is 2. The van der Waals surface area contributed by atoms with Crippen LogP contribution in [0.2, 0.25) is 0 Å². The van der Waals surface area contributed by atoms with Crippen molar-refractivity contribution in [1.29, 1.82) is 5.26 Å². The lowest BCUT2D eigenvalue weighted by Crippen LogP contribution is -2.40. The fourth-order valence-corrected chi connectivity index (χ4v) is 3.03. The van der Waals surface area contributed by atoms with Crippen LogP contribution >= 0.6 is 0 Å². The molecule has 2 N–H and O–H groups in total. The van der Waals surface area contributed by atoms with E-state index in [-0.39, 0.29) is 18.1 Å². The highest BCUT2D eigenvalue weighted by Gasteiger charge is 2.26. The molecule has 0 aliphatic carbocycles. The molecule has 0 saturated heterocycles. The summed E-state index contributed by atoms with van der Waals surface area (Å²) >= 11 is 0. The number of carbonyl (C=O) groups excluding carboxylic acids is 3. The van der Waals surface area contributed by atoms with E-state index in [1.807, 2.05) is 12.1 Å². The van der Waals surface area contributed by atoms with Gasteiger partial charge in [-0.05, 0) is 36.6 Å². The van der Waals surface area contributed by atoms with Crippen LogP contribution in [0.5, 0.6) is 0 Å². The summed E-state index contributed by atoms with van der Waals surface area (Å²) in [6, 6.07) is 6.48. The lowest BCUT2D eigenvalue weighted by atomic mass is 10.0. The number of aldehydes is 1. The quantitative estimate of drug-likeness (QED) is 0.751. The highest BCUT2D eigenvalue weighted by atomic mass is 16.2. The Labute approximate surface area is 167 Å². The van der Waals surface area contributed by atoms with E-state index in [1.165, 1.54) is 11.1 Å². The number of carbonyl (C=O) groups is 3. The molecule has 148 valence electrons. The molecule has 9 nitrogen and oxygen atoms in total. The van der Waals surface area contributed by atoms with Gasteiger partial charge in [0, 0.05) is 31.3 Å². The zero-order chi connectivity index (χ0) is 20.8. The van der Waals surface area contributed by atoms with Crippen molar-refractivity contribution in [3.05, 3.63) is 46.8 Å². The van der Waals surface area contributed by atoms with Crippen LogP contribution in [0.15, 0.2) is 24.4 Å². The van der Waals surface area contributed by atoms with E-state index in [0.717, 1.165) is 18.4 Å². The van der Waals surface area contributed by atoms with Crippen LogP contribution in [0.4, 0.5) is 16.4 Å². The number of nitriles is 1. The van der Waals surface area contributed by atoms with Crippen molar-refractivity contribution in [3.8, 4) is 6.07 Å². The molecular formula is C20H20N6O3. The van der Waals surface area contributed by atoms with Crippen molar-refractivity contribution in [2.75, 3.05) is 16.8 Å². The molecule has 2 aromatic heterocycles. The van der Waals surface area contributed by atoms with E-state index in [2.05, 4.69) is 20.6 Å². The topological polar surface area (TPSA) is 128 Å². The number of nitrogens with zero attached hydrogens (tertiary/aromatic N) is 4. The summed E-state index contributed by atoms with van der Waals surface area (Å²) in [5.74, 6) is 0.626. The van der Waals surface area contributed by atoms with Crippen molar-refractivity contribution >= 4 is 29.9 Å². The van der Waals surface area contributed by atoms with Crippen molar-refractivity contribution in [2.24, 2.45) is 0 Å². The van der Waals surface area contributed by atoms with Crippen LogP contribution < -0.4 is 15.5 Å². The summed E-state index contributed by atoms with van der Waals surface area (Å²) in [6.45, 7) is 2.41. The van der Waals surface area contributed by atoms with Crippen molar-refractivity contribution < 1.29 is 14.4 Å². The van der Waals surface area contributed by atoms with Gasteiger partial charge in [0.1, 0.15) is 23.4 Å². The summed E-state index contributed by atoms with van der Waals surface area (Å²) < 4.78 is 0. The predicted octanol–water partition coefficient (Wildman–Crippen LogP) is 2.17. The second-order valence-corrected chi connectivity index (χ2v) is 6.49. The monoisotopic (exact) mass is 392 g/mol. The third-order valence-corrected chi connectivity index (χ3v) is 4.56.